The summed E-state index contributed by atoms with van der Waals surface area (Å²) in [5.41, 5.74) is 3.46. The molecule has 0 saturated carbocycles. The largest absolute Gasteiger partial charge is 0.469 e. The second-order valence-electron chi connectivity index (χ2n) is 4.48. The maximum Gasteiger partial charge on any atom is 0.103 e. The minimum absolute atomic E-state index is 0.417. The predicted molar refractivity (Wildman–Crippen MR) is 67.9 cm³/mol. The molecule has 0 aliphatic carbocycles. The van der Waals surface area contributed by atoms with Crippen molar-refractivity contribution in [1.82, 2.24) is 0 Å². The summed E-state index contributed by atoms with van der Waals surface area (Å²) in [7, 11) is 0. The molecule has 1 atom stereocenters. The Kier molecular flexibility index (Phi) is 3.64. The molecule has 0 saturated heterocycles. The standard InChI is InChI=1S/C15H18O2/c1-11-5-6-13(10-12(11)2)15(16)8-7-14-4-3-9-17-14/h3-6,9-10,15-16H,7-8H2,1-2H3. The van der Waals surface area contributed by atoms with E-state index in [9.17, 15) is 5.11 Å². The molecule has 1 aromatic heterocycles. The van der Waals surface area contributed by atoms with E-state index in [4.69, 9.17) is 4.42 Å². The topological polar surface area (TPSA) is 33.4 Å². The van der Waals surface area contributed by atoms with Crippen LogP contribution >= 0.6 is 0 Å². The summed E-state index contributed by atoms with van der Waals surface area (Å²) in [5, 5.41) is 10.1. The van der Waals surface area contributed by atoms with E-state index in [2.05, 4.69) is 26.0 Å². The van der Waals surface area contributed by atoms with E-state index in [1.165, 1.54) is 11.1 Å². The summed E-state index contributed by atoms with van der Waals surface area (Å²) >= 11 is 0. The number of benzene rings is 1. The Labute approximate surface area is 102 Å². The van der Waals surface area contributed by atoms with Crippen LogP contribution < -0.4 is 0 Å². The molecule has 90 valence electrons. The van der Waals surface area contributed by atoms with E-state index in [1.807, 2.05) is 18.2 Å². The average Bonchev–Trinajstić information content (AvgIpc) is 2.82. The van der Waals surface area contributed by atoms with Gasteiger partial charge in [-0.3, -0.25) is 0 Å². The molecule has 2 rings (SSSR count). The van der Waals surface area contributed by atoms with Crippen molar-refractivity contribution < 1.29 is 9.52 Å². The number of furan rings is 1. The van der Waals surface area contributed by atoms with Crippen molar-refractivity contribution in [3.05, 3.63) is 59.0 Å². The first kappa shape index (κ1) is 11.9. The van der Waals surface area contributed by atoms with Crippen LogP contribution in [-0.4, -0.2) is 5.11 Å². The van der Waals surface area contributed by atoms with Gasteiger partial charge in [-0.25, -0.2) is 0 Å². The van der Waals surface area contributed by atoms with Crippen molar-refractivity contribution in [3.63, 3.8) is 0 Å². The van der Waals surface area contributed by atoms with Crippen LogP contribution in [0.25, 0.3) is 0 Å². The fourth-order valence-electron chi connectivity index (χ4n) is 1.87. The van der Waals surface area contributed by atoms with Crippen molar-refractivity contribution in [2.75, 3.05) is 0 Å². The second kappa shape index (κ2) is 5.19. The van der Waals surface area contributed by atoms with E-state index >= 15 is 0 Å². The molecule has 0 spiro atoms. The lowest BCUT2D eigenvalue weighted by Crippen LogP contribution is -2.00. The molecule has 2 nitrogen and oxygen atoms in total. The van der Waals surface area contributed by atoms with Gasteiger partial charge < -0.3 is 9.52 Å². The summed E-state index contributed by atoms with van der Waals surface area (Å²) in [6.07, 6.45) is 2.70. The Hall–Kier alpha value is -1.54. The quantitative estimate of drug-likeness (QED) is 0.871. The number of aliphatic hydroxyl groups excluding tert-OH is 1. The highest BCUT2D eigenvalue weighted by Crippen LogP contribution is 2.21. The van der Waals surface area contributed by atoms with E-state index in [0.717, 1.165) is 17.7 Å². The lowest BCUT2D eigenvalue weighted by molar-refractivity contribution is 0.165. The molecule has 2 aromatic rings. The summed E-state index contributed by atoms with van der Waals surface area (Å²) < 4.78 is 5.25. The Bertz CT molecular complexity index is 472. The molecule has 0 fully saturated rings. The maximum atomic E-state index is 10.1. The highest BCUT2D eigenvalue weighted by atomic mass is 16.3. The molecule has 1 unspecified atom stereocenters. The monoisotopic (exact) mass is 230 g/mol. The summed E-state index contributed by atoms with van der Waals surface area (Å²) in [6, 6.07) is 9.92. The van der Waals surface area contributed by atoms with Crippen molar-refractivity contribution in [1.29, 1.82) is 0 Å². The van der Waals surface area contributed by atoms with Crippen molar-refractivity contribution >= 4 is 0 Å². The van der Waals surface area contributed by atoms with Gasteiger partial charge in [0.15, 0.2) is 0 Å². The molecule has 0 aliphatic rings. The van der Waals surface area contributed by atoms with Crippen LogP contribution in [0.3, 0.4) is 0 Å². The lowest BCUT2D eigenvalue weighted by atomic mass is 10.00. The fourth-order valence-corrected chi connectivity index (χ4v) is 1.87. The van der Waals surface area contributed by atoms with Crippen molar-refractivity contribution in [3.8, 4) is 0 Å². The smallest absolute Gasteiger partial charge is 0.103 e. The number of hydrogen-bond acceptors (Lipinski definition) is 2. The van der Waals surface area contributed by atoms with Crippen LogP contribution in [0.4, 0.5) is 0 Å². The predicted octanol–water partition coefficient (Wildman–Crippen LogP) is 3.56. The Morgan fingerprint density at radius 1 is 1.18 bits per heavy atom. The summed E-state index contributed by atoms with van der Waals surface area (Å²) in [6.45, 7) is 4.15. The first-order chi connectivity index (χ1) is 8.16. The molecule has 1 N–H and O–H groups in total. The average molecular weight is 230 g/mol. The maximum absolute atomic E-state index is 10.1. The zero-order valence-corrected chi connectivity index (χ0v) is 10.3. The molecular weight excluding hydrogens is 212 g/mol. The van der Waals surface area contributed by atoms with E-state index in [-0.39, 0.29) is 0 Å². The van der Waals surface area contributed by atoms with Crippen LogP contribution in [0.15, 0.2) is 41.0 Å². The minimum Gasteiger partial charge on any atom is -0.469 e. The molecule has 1 aromatic carbocycles. The highest BCUT2D eigenvalue weighted by Gasteiger charge is 2.09. The lowest BCUT2D eigenvalue weighted by Gasteiger charge is -2.12. The summed E-state index contributed by atoms with van der Waals surface area (Å²) in [5.74, 6) is 0.924. The zero-order chi connectivity index (χ0) is 12.3. The van der Waals surface area contributed by atoms with E-state index < -0.39 is 6.10 Å². The Morgan fingerprint density at radius 2 is 2.00 bits per heavy atom. The van der Waals surface area contributed by atoms with Crippen LogP contribution in [0, 0.1) is 13.8 Å². The Morgan fingerprint density at radius 3 is 2.65 bits per heavy atom. The van der Waals surface area contributed by atoms with Gasteiger partial charge in [-0.2, -0.15) is 0 Å². The normalized spacial score (nSPS) is 12.6. The first-order valence-corrected chi connectivity index (χ1v) is 5.94. The van der Waals surface area contributed by atoms with E-state index in [1.54, 1.807) is 6.26 Å². The van der Waals surface area contributed by atoms with Gasteiger partial charge >= 0.3 is 0 Å². The zero-order valence-electron chi connectivity index (χ0n) is 10.3. The van der Waals surface area contributed by atoms with Crippen LogP contribution in [0.2, 0.25) is 0 Å². The third-order valence-corrected chi connectivity index (χ3v) is 3.16. The number of aryl methyl sites for hydroxylation is 3. The van der Waals surface area contributed by atoms with Gasteiger partial charge in [0.1, 0.15) is 5.76 Å². The van der Waals surface area contributed by atoms with Crippen molar-refractivity contribution in [2.24, 2.45) is 0 Å². The minimum atomic E-state index is -0.417. The number of hydrogen-bond donors (Lipinski definition) is 1. The molecule has 1 heterocycles. The SMILES string of the molecule is Cc1ccc(C(O)CCc2ccco2)cc1C. The molecule has 0 aliphatic heterocycles. The third-order valence-electron chi connectivity index (χ3n) is 3.16. The van der Waals surface area contributed by atoms with Gasteiger partial charge in [0.25, 0.3) is 0 Å². The highest BCUT2D eigenvalue weighted by molar-refractivity contribution is 5.31. The Balaban J connectivity index is 1.99. The van der Waals surface area contributed by atoms with Crippen LogP contribution in [0.1, 0.15) is 35.0 Å². The second-order valence-corrected chi connectivity index (χ2v) is 4.48. The van der Waals surface area contributed by atoms with Gasteiger partial charge in [-0.1, -0.05) is 18.2 Å². The van der Waals surface area contributed by atoms with Crippen LogP contribution in [-0.2, 0) is 6.42 Å². The fraction of sp³-hybridized carbons (Fsp3) is 0.333. The molecule has 2 heteroatoms. The van der Waals surface area contributed by atoms with Gasteiger partial charge in [0.05, 0.1) is 12.4 Å². The molecule has 0 bridgehead atoms. The molecule has 17 heavy (non-hydrogen) atoms. The molecular formula is C15H18O2. The number of rotatable bonds is 4. The molecule has 0 radical (unpaired) electrons. The van der Waals surface area contributed by atoms with Crippen molar-refractivity contribution in [2.45, 2.75) is 32.8 Å². The molecule has 0 amide bonds. The number of aliphatic hydroxyl groups is 1. The van der Waals surface area contributed by atoms with E-state index in [0.29, 0.717) is 6.42 Å². The first-order valence-electron chi connectivity index (χ1n) is 5.94. The van der Waals surface area contributed by atoms with Crippen LogP contribution in [0.5, 0.6) is 0 Å². The van der Waals surface area contributed by atoms with Gasteiger partial charge in [0.2, 0.25) is 0 Å². The van der Waals surface area contributed by atoms with Gasteiger partial charge in [0, 0.05) is 6.42 Å². The third kappa shape index (κ3) is 2.98. The summed E-state index contributed by atoms with van der Waals surface area (Å²) in [4.78, 5) is 0. The van der Waals surface area contributed by atoms with Gasteiger partial charge in [-0.05, 0) is 49.1 Å². The van der Waals surface area contributed by atoms with Gasteiger partial charge in [-0.15, -0.1) is 0 Å².